The predicted molar refractivity (Wildman–Crippen MR) is 77.5 cm³/mol. The van der Waals surface area contributed by atoms with Crippen molar-refractivity contribution in [2.24, 2.45) is 7.05 Å². The quantitative estimate of drug-likeness (QED) is 0.866. The summed E-state index contributed by atoms with van der Waals surface area (Å²) in [6.07, 6.45) is 3.57. The van der Waals surface area contributed by atoms with Crippen LogP contribution < -0.4 is 10.6 Å². The molecule has 0 bridgehead atoms. The number of nitrogens with zero attached hydrogens (tertiary/aromatic N) is 3. The number of anilines is 1. The Bertz CT molecular complexity index is 669. The molecule has 0 saturated carbocycles. The van der Waals surface area contributed by atoms with Crippen LogP contribution in [0.1, 0.15) is 25.5 Å². The van der Waals surface area contributed by atoms with Crippen molar-refractivity contribution < 1.29 is 4.79 Å². The fourth-order valence-electron chi connectivity index (χ4n) is 2.73. The number of pyridine rings is 1. The number of aromatic nitrogens is 3. The van der Waals surface area contributed by atoms with E-state index in [1.54, 1.807) is 10.9 Å². The van der Waals surface area contributed by atoms with Crippen molar-refractivity contribution >= 4 is 22.6 Å². The first-order valence-corrected chi connectivity index (χ1v) is 6.85. The summed E-state index contributed by atoms with van der Waals surface area (Å²) in [4.78, 5) is 16.7. The number of amides is 1. The van der Waals surface area contributed by atoms with Gasteiger partial charge in [-0.05, 0) is 39.3 Å². The van der Waals surface area contributed by atoms with Crippen LogP contribution in [0.25, 0.3) is 11.0 Å². The molecule has 1 aliphatic rings. The molecule has 1 unspecified atom stereocenters. The molecule has 3 rings (SSSR count). The monoisotopic (exact) mass is 273 g/mol. The van der Waals surface area contributed by atoms with Gasteiger partial charge in [-0.2, -0.15) is 5.10 Å². The summed E-state index contributed by atoms with van der Waals surface area (Å²) < 4.78 is 1.75. The second-order valence-corrected chi connectivity index (χ2v) is 5.62. The van der Waals surface area contributed by atoms with E-state index in [4.69, 9.17) is 0 Å². The summed E-state index contributed by atoms with van der Waals surface area (Å²) in [5.41, 5.74) is 1.98. The van der Waals surface area contributed by atoms with Gasteiger partial charge in [0.1, 0.15) is 0 Å². The molecule has 2 N–H and O–H groups in total. The number of carbonyl (C=O) groups is 1. The van der Waals surface area contributed by atoms with Crippen molar-refractivity contribution in [2.75, 3.05) is 11.9 Å². The maximum atomic E-state index is 12.3. The average Bonchev–Trinajstić information content (AvgIpc) is 2.96. The number of nitrogens with one attached hydrogen (secondary N) is 2. The van der Waals surface area contributed by atoms with E-state index in [1.807, 2.05) is 27.0 Å². The number of hydrogen-bond donors (Lipinski definition) is 2. The molecular weight excluding hydrogens is 254 g/mol. The first-order chi connectivity index (χ1) is 9.49. The molecular formula is C14H19N5O. The van der Waals surface area contributed by atoms with Gasteiger partial charge in [0, 0.05) is 12.4 Å². The molecule has 0 aromatic carbocycles. The van der Waals surface area contributed by atoms with Gasteiger partial charge >= 0.3 is 0 Å². The minimum Gasteiger partial charge on any atom is -0.323 e. The van der Waals surface area contributed by atoms with Gasteiger partial charge in [-0.25, -0.2) is 4.98 Å². The first-order valence-electron chi connectivity index (χ1n) is 6.85. The Balaban J connectivity index is 1.87. The van der Waals surface area contributed by atoms with Crippen LogP contribution >= 0.6 is 0 Å². The zero-order valence-electron chi connectivity index (χ0n) is 12.0. The van der Waals surface area contributed by atoms with Crippen molar-refractivity contribution in [3.8, 4) is 0 Å². The molecule has 1 atom stereocenters. The summed E-state index contributed by atoms with van der Waals surface area (Å²) in [7, 11) is 1.87. The summed E-state index contributed by atoms with van der Waals surface area (Å²) in [6.45, 7) is 4.77. The lowest BCUT2D eigenvalue weighted by Gasteiger charge is -2.22. The second kappa shape index (κ2) is 4.56. The second-order valence-electron chi connectivity index (χ2n) is 5.62. The van der Waals surface area contributed by atoms with E-state index < -0.39 is 5.54 Å². The third-order valence-corrected chi connectivity index (χ3v) is 3.99. The van der Waals surface area contributed by atoms with Gasteiger partial charge in [0.2, 0.25) is 5.91 Å². The van der Waals surface area contributed by atoms with Crippen LogP contribution in [0.5, 0.6) is 0 Å². The van der Waals surface area contributed by atoms with Crippen LogP contribution in [0, 0.1) is 6.92 Å². The van der Waals surface area contributed by atoms with Crippen molar-refractivity contribution in [1.82, 2.24) is 20.1 Å². The Morgan fingerprint density at radius 3 is 3.05 bits per heavy atom. The van der Waals surface area contributed by atoms with E-state index >= 15 is 0 Å². The molecule has 3 heterocycles. The van der Waals surface area contributed by atoms with Crippen LogP contribution in [-0.4, -0.2) is 32.8 Å². The molecule has 20 heavy (non-hydrogen) atoms. The Morgan fingerprint density at radius 2 is 2.35 bits per heavy atom. The summed E-state index contributed by atoms with van der Waals surface area (Å²) in [5.74, 6) is -0.00214. The zero-order chi connectivity index (χ0) is 14.3. The fourth-order valence-corrected chi connectivity index (χ4v) is 2.73. The van der Waals surface area contributed by atoms with Crippen molar-refractivity contribution in [2.45, 2.75) is 32.2 Å². The minimum atomic E-state index is -0.473. The van der Waals surface area contributed by atoms with E-state index in [0.717, 1.165) is 36.1 Å². The Morgan fingerprint density at radius 1 is 1.55 bits per heavy atom. The average molecular weight is 273 g/mol. The maximum Gasteiger partial charge on any atom is 0.244 e. The van der Waals surface area contributed by atoms with E-state index in [-0.39, 0.29) is 5.91 Å². The third kappa shape index (κ3) is 2.06. The number of hydrogen-bond acceptors (Lipinski definition) is 4. The standard InChI is InChI=1S/C14H19N5O/c1-9-11-7-10(8-15-12(11)19(3)18-9)17-13(20)14(2)5-4-6-16-14/h7-8,16H,4-6H2,1-3H3,(H,17,20). The van der Waals surface area contributed by atoms with Gasteiger partial charge < -0.3 is 10.6 Å². The maximum absolute atomic E-state index is 12.3. The highest BCUT2D eigenvalue weighted by molar-refractivity contribution is 5.99. The lowest BCUT2D eigenvalue weighted by molar-refractivity contribution is -0.121. The highest BCUT2D eigenvalue weighted by Gasteiger charge is 2.35. The van der Waals surface area contributed by atoms with E-state index in [9.17, 15) is 4.79 Å². The number of aryl methyl sites for hydroxylation is 2. The largest absolute Gasteiger partial charge is 0.323 e. The number of carbonyl (C=O) groups excluding carboxylic acids is 1. The van der Waals surface area contributed by atoms with Gasteiger partial charge in [0.25, 0.3) is 0 Å². The molecule has 6 heteroatoms. The lowest BCUT2D eigenvalue weighted by atomic mass is 9.99. The van der Waals surface area contributed by atoms with E-state index in [0.29, 0.717) is 5.69 Å². The van der Waals surface area contributed by atoms with Gasteiger partial charge in [0.05, 0.1) is 23.1 Å². The van der Waals surface area contributed by atoms with Crippen LogP contribution in [0.2, 0.25) is 0 Å². The van der Waals surface area contributed by atoms with Crippen LogP contribution in [0.15, 0.2) is 12.3 Å². The topological polar surface area (TPSA) is 71.8 Å². The molecule has 0 radical (unpaired) electrons. The SMILES string of the molecule is Cc1nn(C)c2ncc(NC(=O)C3(C)CCCN3)cc12. The molecule has 1 aliphatic heterocycles. The lowest BCUT2D eigenvalue weighted by Crippen LogP contribution is -2.47. The summed E-state index contributed by atoms with van der Waals surface area (Å²) in [6, 6.07) is 1.93. The normalized spacial score (nSPS) is 22.4. The van der Waals surface area contributed by atoms with E-state index in [1.165, 1.54) is 0 Å². The minimum absolute atomic E-state index is 0.00214. The summed E-state index contributed by atoms with van der Waals surface area (Å²) >= 11 is 0. The molecule has 2 aromatic heterocycles. The molecule has 6 nitrogen and oxygen atoms in total. The Labute approximate surface area is 117 Å². The van der Waals surface area contributed by atoms with E-state index in [2.05, 4.69) is 20.7 Å². The number of rotatable bonds is 2. The molecule has 1 amide bonds. The fraction of sp³-hybridized carbons (Fsp3) is 0.500. The summed E-state index contributed by atoms with van der Waals surface area (Å²) in [5, 5.41) is 11.5. The molecule has 1 saturated heterocycles. The van der Waals surface area contributed by atoms with Gasteiger partial charge in [-0.3, -0.25) is 9.48 Å². The zero-order valence-corrected chi connectivity index (χ0v) is 12.0. The molecule has 0 aliphatic carbocycles. The smallest absolute Gasteiger partial charge is 0.244 e. The Kier molecular flexibility index (Phi) is 2.97. The Hall–Kier alpha value is -1.95. The molecule has 1 fully saturated rings. The highest BCUT2D eigenvalue weighted by atomic mass is 16.2. The number of fused-ring (bicyclic) bond motifs is 1. The predicted octanol–water partition coefficient (Wildman–Crippen LogP) is 1.36. The van der Waals surface area contributed by atoms with Gasteiger partial charge in [0.15, 0.2) is 5.65 Å². The van der Waals surface area contributed by atoms with Gasteiger partial charge in [-0.15, -0.1) is 0 Å². The third-order valence-electron chi connectivity index (χ3n) is 3.99. The molecule has 2 aromatic rings. The van der Waals surface area contributed by atoms with Crippen molar-refractivity contribution in [3.63, 3.8) is 0 Å². The molecule has 0 spiro atoms. The van der Waals surface area contributed by atoms with Crippen LogP contribution in [-0.2, 0) is 11.8 Å². The van der Waals surface area contributed by atoms with Crippen LogP contribution in [0.3, 0.4) is 0 Å². The van der Waals surface area contributed by atoms with Crippen LogP contribution in [0.4, 0.5) is 5.69 Å². The van der Waals surface area contributed by atoms with Crippen molar-refractivity contribution in [1.29, 1.82) is 0 Å². The van der Waals surface area contributed by atoms with Crippen molar-refractivity contribution in [3.05, 3.63) is 18.0 Å². The first kappa shape index (κ1) is 13.1. The van der Waals surface area contributed by atoms with Gasteiger partial charge in [-0.1, -0.05) is 0 Å². The molecule has 106 valence electrons. The highest BCUT2D eigenvalue weighted by Crippen LogP contribution is 2.23.